The highest BCUT2D eigenvalue weighted by molar-refractivity contribution is 7.79. The van der Waals surface area contributed by atoms with Crippen LogP contribution in [0, 0.1) is 0 Å². The van der Waals surface area contributed by atoms with Crippen LogP contribution in [-0.2, 0) is 10.4 Å². The monoisotopic (exact) mass is 211 g/mol. The summed E-state index contributed by atoms with van der Waals surface area (Å²) in [6, 6.07) is 0. The molecule has 6 N–H and O–H groups in total. The summed E-state index contributed by atoms with van der Waals surface area (Å²) < 4.78 is 34.1. The van der Waals surface area contributed by atoms with Gasteiger partial charge in [-0.3, -0.25) is 13.4 Å². The number of nitrogens with zero attached hydrogens (tertiary/aromatic N) is 2. The molecule has 0 saturated carbocycles. The zero-order chi connectivity index (χ0) is 11.1. The van der Waals surface area contributed by atoms with Gasteiger partial charge in [0.1, 0.15) is 0 Å². The summed E-state index contributed by atoms with van der Waals surface area (Å²) >= 11 is 0. The van der Waals surface area contributed by atoms with Crippen LogP contribution in [0.25, 0.3) is 0 Å². The third-order valence-electron chi connectivity index (χ3n) is 0.473. The summed E-state index contributed by atoms with van der Waals surface area (Å²) in [5.74, 6) is 0.0121. The van der Waals surface area contributed by atoms with Gasteiger partial charge in [0.15, 0.2) is 5.96 Å². The summed E-state index contributed by atoms with van der Waals surface area (Å²) in [6.45, 7) is 0. The lowest BCUT2D eigenvalue weighted by Gasteiger charge is -2.06. The topological polar surface area (TPSA) is 183 Å². The van der Waals surface area contributed by atoms with Gasteiger partial charge < -0.3 is 26.3 Å². The molecule has 0 radical (unpaired) electrons. The number of guanidine groups is 2. The van der Waals surface area contributed by atoms with Crippen LogP contribution in [0.4, 0.5) is 0 Å². The molecule has 10 heteroatoms. The molecule has 0 atom stereocenters. The highest BCUT2D eigenvalue weighted by Crippen LogP contribution is 1.64. The van der Waals surface area contributed by atoms with Crippen molar-refractivity contribution in [3.63, 3.8) is 0 Å². The standard InChI is InChI=1S/C3H9N5.H2O4S/c1-7-3(6)8-2(4)5;1-5(2,3)4/h1H3,(H6,4,5,6,7,8);(H2,1,2,3,4)/p-2. The number of aliphatic imine (C=N–C) groups is 2. The van der Waals surface area contributed by atoms with Gasteiger partial charge in [0, 0.05) is 17.4 Å². The third-order valence-corrected chi connectivity index (χ3v) is 0.473. The van der Waals surface area contributed by atoms with Gasteiger partial charge in [0.25, 0.3) is 0 Å². The van der Waals surface area contributed by atoms with Gasteiger partial charge in [-0.25, -0.2) is 0 Å². The van der Waals surface area contributed by atoms with Crippen LogP contribution >= 0.6 is 0 Å². The van der Waals surface area contributed by atoms with Gasteiger partial charge in [0.2, 0.25) is 5.96 Å². The number of rotatable bonds is 0. The lowest BCUT2D eigenvalue weighted by molar-refractivity contribution is 0.352. The van der Waals surface area contributed by atoms with Crippen LogP contribution in [0.2, 0.25) is 0 Å². The molecule has 0 unspecified atom stereocenters. The van der Waals surface area contributed by atoms with Gasteiger partial charge in [-0.2, -0.15) is 4.99 Å². The Hall–Kier alpha value is -1.39. The maximum atomic E-state index is 8.52. The van der Waals surface area contributed by atoms with Crippen LogP contribution < -0.4 is 17.2 Å². The molecule has 0 bridgehead atoms. The summed E-state index contributed by atoms with van der Waals surface area (Å²) in [7, 11) is -3.66. The Morgan fingerprint density at radius 2 is 1.54 bits per heavy atom. The molecule has 0 spiro atoms. The minimum atomic E-state index is -5.17. The molecule has 78 valence electrons. The van der Waals surface area contributed by atoms with Crippen molar-refractivity contribution in [1.82, 2.24) is 0 Å². The first-order chi connectivity index (χ1) is 5.66. The number of nitrogens with two attached hydrogens (primary N) is 3. The van der Waals surface area contributed by atoms with E-state index in [1.165, 1.54) is 7.05 Å². The molecule has 0 saturated heterocycles. The summed E-state index contributed by atoms with van der Waals surface area (Å²) in [4.78, 5) is 6.87. The van der Waals surface area contributed by atoms with Crippen LogP contribution in [-0.4, -0.2) is 36.5 Å². The molecule has 0 amide bonds. The summed E-state index contributed by atoms with van der Waals surface area (Å²) in [5.41, 5.74) is 14.9. The summed E-state index contributed by atoms with van der Waals surface area (Å²) in [5, 5.41) is 0. The van der Waals surface area contributed by atoms with Crippen molar-refractivity contribution < 1.29 is 17.5 Å². The smallest absolute Gasteiger partial charge is 0.218 e. The van der Waals surface area contributed by atoms with E-state index < -0.39 is 10.4 Å². The second-order valence-corrected chi connectivity index (χ2v) is 2.34. The van der Waals surface area contributed by atoms with Gasteiger partial charge in [-0.05, 0) is 0 Å². The maximum absolute atomic E-state index is 8.52. The molecular formula is C3H9N5O4S-2. The highest BCUT2D eigenvalue weighted by atomic mass is 32.3. The normalized spacial score (nSPS) is 11.2. The van der Waals surface area contributed by atoms with Crippen molar-refractivity contribution >= 4 is 22.3 Å². The average Bonchev–Trinajstić information content (AvgIpc) is 1.82. The molecule has 0 aliphatic carbocycles. The minimum absolute atomic E-state index is 0.0758. The zero-order valence-corrected chi connectivity index (χ0v) is 7.48. The lowest BCUT2D eigenvalue weighted by atomic mass is 10.9. The van der Waals surface area contributed by atoms with Crippen LogP contribution in [0.15, 0.2) is 9.98 Å². The van der Waals surface area contributed by atoms with E-state index in [0.29, 0.717) is 0 Å². The SMILES string of the molecule is CN=C(N)N=C(N)N.O=S(=O)([O-])[O-]. The van der Waals surface area contributed by atoms with E-state index >= 15 is 0 Å². The molecule has 0 heterocycles. The van der Waals surface area contributed by atoms with E-state index in [4.69, 9.17) is 34.7 Å². The Bertz CT molecular complexity index is 281. The van der Waals surface area contributed by atoms with Crippen molar-refractivity contribution in [3.8, 4) is 0 Å². The van der Waals surface area contributed by atoms with Crippen molar-refractivity contribution in [1.29, 1.82) is 0 Å². The summed E-state index contributed by atoms with van der Waals surface area (Å²) in [6.07, 6.45) is 0. The van der Waals surface area contributed by atoms with E-state index in [2.05, 4.69) is 9.98 Å². The first-order valence-corrected chi connectivity index (χ1v) is 3.98. The largest absolute Gasteiger partial charge is 0.759 e. The first-order valence-electron chi connectivity index (χ1n) is 2.65. The molecule has 13 heavy (non-hydrogen) atoms. The quantitative estimate of drug-likeness (QED) is 0.163. The zero-order valence-electron chi connectivity index (χ0n) is 6.67. The average molecular weight is 211 g/mol. The molecule has 0 aromatic rings. The number of hydrogen-bond donors (Lipinski definition) is 3. The Morgan fingerprint density at radius 3 is 1.62 bits per heavy atom. The van der Waals surface area contributed by atoms with Crippen LogP contribution in [0.5, 0.6) is 0 Å². The second-order valence-electron chi connectivity index (χ2n) is 1.53. The minimum Gasteiger partial charge on any atom is -0.759 e. The molecular weight excluding hydrogens is 202 g/mol. The molecule has 0 aromatic heterocycles. The number of hydrogen-bond acceptors (Lipinski definition) is 5. The third kappa shape index (κ3) is 37.0. The molecule has 0 rings (SSSR count). The fraction of sp³-hybridized carbons (Fsp3) is 0.333. The second kappa shape index (κ2) is 6.16. The predicted molar refractivity (Wildman–Crippen MR) is 43.8 cm³/mol. The van der Waals surface area contributed by atoms with Gasteiger partial charge in [0.05, 0.1) is 0 Å². The van der Waals surface area contributed by atoms with Crippen LogP contribution in [0.1, 0.15) is 0 Å². The van der Waals surface area contributed by atoms with Crippen LogP contribution in [0.3, 0.4) is 0 Å². The molecule has 0 fully saturated rings. The van der Waals surface area contributed by atoms with E-state index in [0.717, 1.165) is 0 Å². The van der Waals surface area contributed by atoms with Crippen molar-refractivity contribution in [2.75, 3.05) is 7.05 Å². The highest BCUT2D eigenvalue weighted by Gasteiger charge is 1.81. The van der Waals surface area contributed by atoms with E-state index in [1.807, 2.05) is 0 Å². The Morgan fingerprint density at radius 1 is 1.23 bits per heavy atom. The van der Waals surface area contributed by atoms with Crippen molar-refractivity contribution in [2.24, 2.45) is 27.2 Å². The van der Waals surface area contributed by atoms with E-state index in [9.17, 15) is 0 Å². The van der Waals surface area contributed by atoms with Gasteiger partial charge in [-0.1, -0.05) is 0 Å². The fourth-order valence-corrected chi connectivity index (χ4v) is 0.182. The Labute approximate surface area is 74.9 Å². The molecule has 0 aliphatic heterocycles. The molecule has 9 nitrogen and oxygen atoms in total. The van der Waals surface area contributed by atoms with E-state index in [1.54, 1.807) is 0 Å². The maximum Gasteiger partial charge on any atom is 0.218 e. The molecule has 0 aliphatic rings. The lowest BCUT2D eigenvalue weighted by Crippen LogP contribution is -2.26. The first kappa shape index (κ1) is 14.2. The van der Waals surface area contributed by atoms with Crippen molar-refractivity contribution in [3.05, 3.63) is 0 Å². The Balaban J connectivity index is 0. The predicted octanol–water partition coefficient (Wildman–Crippen LogP) is -3.13. The van der Waals surface area contributed by atoms with Crippen molar-refractivity contribution in [2.45, 2.75) is 0 Å². The Kier molecular flexibility index (Phi) is 6.71. The van der Waals surface area contributed by atoms with Gasteiger partial charge >= 0.3 is 0 Å². The van der Waals surface area contributed by atoms with Gasteiger partial charge in [-0.15, -0.1) is 0 Å². The molecule has 0 aromatic carbocycles. The van der Waals surface area contributed by atoms with E-state index in [-0.39, 0.29) is 11.9 Å². The fourth-order valence-electron chi connectivity index (χ4n) is 0.182.